The third kappa shape index (κ3) is 6.02. The zero-order valence-electron chi connectivity index (χ0n) is 18.7. The zero-order valence-corrected chi connectivity index (χ0v) is 20.4. The van der Waals surface area contributed by atoms with Crippen LogP contribution in [0.3, 0.4) is 0 Å². The first-order chi connectivity index (χ1) is 16.3. The lowest BCUT2D eigenvalue weighted by Gasteiger charge is -2.25. The monoisotopic (exact) mass is 512 g/mol. The summed E-state index contributed by atoms with van der Waals surface area (Å²) in [4.78, 5) is -0.107. The van der Waals surface area contributed by atoms with Crippen molar-refractivity contribution in [1.29, 1.82) is 0 Å². The van der Waals surface area contributed by atoms with E-state index in [1.807, 2.05) is 0 Å². The van der Waals surface area contributed by atoms with Gasteiger partial charge in [-0.05, 0) is 56.0 Å². The van der Waals surface area contributed by atoms with Crippen molar-refractivity contribution in [3.63, 3.8) is 0 Å². The number of hydrogen-bond acceptors (Lipinski definition) is 6. The Bertz CT molecular complexity index is 1180. The second kappa shape index (κ2) is 10.8. The fourth-order valence-corrected chi connectivity index (χ4v) is 6.63. The van der Waals surface area contributed by atoms with Gasteiger partial charge in [-0.1, -0.05) is 18.2 Å². The van der Waals surface area contributed by atoms with Crippen molar-refractivity contribution in [3.8, 4) is 0 Å². The molecule has 2 aromatic rings. The molecule has 2 aliphatic rings. The van der Waals surface area contributed by atoms with Gasteiger partial charge in [0.25, 0.3) is 0 Å². The first kappa shape index (κ1) is 25.2. The van der Waals surface area contributed by atoms with Gasteiger partial charge in [-0.2, -0.15) is 4.31 Å². The number of sulfonamides is 2. The van der Waals surface area contributed by atoms with Gasteiger partial charge in [0.1, 0.15) is 5.82 Å². The van der Waals surface area contributed by atoms with Crippen LogP contribution in [0.5, 0.6) is 0 Å². The second-order valence-corrected chi connectivity index (χ2v) is 12.2. The Kier molecular flexibility index (Phi) is 8.01. The van der Waals surface area contributed by atoms with Crippen molar-refractivity contribution in [1.82, 2.24) is 9.03 Å². The van der Waals surface area contributed by atoms with Crippen molar-refractivity contribution in [3.05, 3.63) is 59.9 Å². The highest BCUT2D eigenvalue weighted by molar-refractivity contribution is 7.89. The molecule has 0 aliphatic carbocycles. The number of ether oxygens (including phenoxy) is 2. The summed E-state index contributed by atoms with van der Waals surface area (Å²) in [7, 11) is -7.85. The molecule has 11 heteroatoms. The predicted octanol–water partition coefficient (Wildman–Crippen LogP) is 2.65. The molecule has 2 aliphatic heterocycles. The highest BCUT2D eigenvalue weighted by Gasteiger charge is 2.30. The van der Waals surface area contributed by atoms with Crippen LogP contribution in [0.25, 0.3) is 0 Å². The Morgan fingerprint density at radius 2 is 1.50 bits per heavy atom. The van der Waals surface area contributed by atoms with E-state index in [0.29, 0.717) is 13.2 Å². The number of benzene rings is 2. The van der Waals surface area contributed by atoms with E-state index in [2.05, 4.69) is 4.72 Å². The molecule has 186 valence electrons. The second-order valence-electron chi connectivity index (χ2n) is 8.48. The maximum atomic E-state index is 14.3. The van der Waals surface area contributed by atoms with Gasteiger partial charge in [-0.25, -0.2) is 25.9 Å². The standard InChI is InChI=1S/C23H29FN2O6S2/c24-23-8-2-1-5-18(23)16-26(17-20-7-4-14-32-20)34(29,30)22-11-9-21(10-12-22)33(27,28)25-15-19-6-3-13-31-19/h1-2,5,8-12,19-20,25H,3-4,6-7,13-17H2/t19-,20+/m0/s1. The highest BCUT2D eigenvalue weighted by atomic mass is 32.2. The molecule has 0 bridgehead atoms. The number of halogens is 1. The van der Waals surface area contributed by atoms with Gasteiger partial charge in [-0.15, -0.1) is 0 Å². The minimum Gasteiger partial charge on any atom is -0.377 e. The summed E-state index contributed by atoms with van der Waals surface area (Å²) in [6, 6.07) is 11.1. The van der Waals surface area contributed by atoms with E-state index >= 15 is 0 Å². The van der Waals surface area contributed by atoms with Crippen LogP contribution in [-0.2, 0) is 36.1 Å². The summed E-state index contributed by atoms with van der Waals surface area (Å²) in [5, 5.41) is 0. The van der Waals surface area contributed by atoms with Crippen LogP contribution in [0.1, 0.15) is 31.2 Å². The van der Waals surface area contributed by atoms with E-state index in [1.54, 1.807) is 18.2 Å². The molecule has 2 heterocycles. The zero-order chi connectivity index (χ0) is 24.2. The molecule has 2 fully saturated rings. The molecule has 34 heavy (non-hydrogen) atoms. The predicted molar refractivity (Wildman–Crippen MR) is 124 cm³/mol. The van der Waals surface area contributed by atoms with E-state index in [0.717, 1.165) is 25.7 Å². The summed E-state index contributed by atoms with van der Waals surface area (Å²) < 4.78 is 81.2. The highest BCUT2D eigenvalue weighted by Crippen LogP contribution is 2.24. The minimum absolute atomic E-state index is 0.0378. The van der Waals surface area contributed by atoms with E-state index in [4.69, 9.17) is 9.47 Å². The summed E-state index contributed by atoms with van der Waals surface area (Å²) >= 11 is 0. The molecule has 0 aromatic heterocycles. The van der Waals surface area contributed by atoms with Crippen LogP contribution in [0, 0.1) is 5.82 Å². The van der Waals surface area contributed by atoms with Crippen molar-refractivity contribution in [2.24, 2.45) is 0 Å². The molecule has 0 saturated carbocycles. The van der Waals surface area contributed by atoms with Gasteiger partial charge in [0, 0.05) is 38.4 Å². The van der Waals surface area contributed by atoms with Crippen LogP contribution in [0.15, 0.2) is 58.3 Å². The number of rotatable bonds is 10. The van der Waals surface area contributed by atoms with Gasteiger partial charge >= 0.3 is 0 Å². The third-order valence-corrected chi connectivity index (χ3v) is 9.30. The van der Waals surface area contributed by atoms with E-state index in [1.165, 1.54) is 34.6 Å². The maximum Gasteiger partial charge on any atom is 0.243 e. The first-order valence-electron chi connectivity index (χ1n) is 11.3. The number of nitrogens with one attached hydrogen (secondary N) is 1. The molecule has 0 radical (unpaired) electrons. The molecule has 2 aromatic carbocycles. The summed E-state index contributed by atoms with van der Waals surface area (Å²) in [6.45, 7) is 1.27. The smallest absolute Gasteiger partial charge is 0.243 e. The van der Waals surface area contributed by atoms with Crippen molar-refractivity contribution in [2.75, 3.05) is 26.3 Å². The van der Waals surface area contributed by atoms with Crippen LogP contribution >= 0.6 is 0 Å². The van der Waals surface area contributed by atoms with Gasteiger partial charge in [0.2, 0.25) is 20.0 Å². The molecule has 8 nitrogen and oxygen atoms in total. The van der Waals surface area contributed by atoms with Gasteiger partial charge < -0.3 is 9.47 Å². The van der Waals surface area contributed by atoms with E-state index < -0.39 is 25.9 Å². The van der Waals surface area contributed by atoms with Crippen LogP contribution < -0.4 is 4.72 Å². The molecule has 4 rings (SSSR count). The molecular weight excluding hydrogens is 483 g/mol. The molecule has 2 atom stereocenters. The largest absolute Gasteiger partial charge is 0.377 e. The van der Waals surface area contributed by atoms with E-state index in [-0.39, 0.29) is 47.2 Å². The van der Waals surface area contributed by atoms with Gasteiger partial charge in [-0.3, -0.25) is 0 Å². The molecule has 1 N–H and O–H groups in total. The average Bonchev–Trinajstić information content (AvgIpc) is 3.53. The lowest BCUT2D eigenvalue weighted by molar-refractivity contribution is 0.0924. The number of nitrogens with zero attached hydrogens (tertiary/aromatic N) is 1. The van der Waals surface area contributed by atoms with Gasteiger partial charge in [0.15, 0.2) is 0 Å². The third-order valence-electron chi connectivity index (χ3n) is 6.03. The Morgan fingerprint density at radius 3 is 2.12 bits per heavy atom. The topological polar surface area (TPSA) is 102 Å². The van der Waals surface area contributed by atoms with Crippen LogP contribution in [-0.4, -0.2) is 59.7 Å². The Hall–Kier alpha value is -1.89. The molecule has 0 amide bonds. The summed E-state index contributed by atoms with van der Waals surface area (Å²) in [6.07, 6.45) is 2.82. The Labute approximate surface area is 200 Å². The lowest BCUT2D eigenvalue weighted by Crippen LogP contribution is -2.37. The van der Waals surface area contributed by atoms with Crippen molar-refractivity contribution >= 4 is 20.0 Å². The van der Waals surface area contributed by atoms with Crippen molar-refractivity contribution in [2.45, 2.75) is 54.2 Å². The quantitative estimate of drug-likeness (QED) is 0.525. The van der Waals surface area contributed by atoms with E-state index in [9.17, 15) is 21.2 Å². The Balaban J connectivity index is 1.53. The van der Waals surface area contributed by atoms with Crippen molar-refractivity contribution < 1.29 is 30.7 Å². The average molecular weight is 513 g/mol. The number of hydrogen-bond donors (Lipinski definition) is 1. The fourth-order valence-electron chi connectivity index (χ4n) is 4.11. The first-order valence-corrected chi connectivity index (χ1v) is 14.2. The SMILES string of the molecule is O=S(=O)(NC[C@@H]1CCCO1)c1ccc(S(=O)(=O)N(Cc2ccccc2F)C[C@H]2CCCO2)cc1. The summed E-state index contributed by atoms with van der Waals surface area (Å²) in [5.74, 6) is -0.492. The minimum atomic E-state index is -4.04. The van der Waals surface area contributed by atoms with Crippen LogP contribution in [0.4, 0.5) is 4.39 Å². The van der Waals surface area contributed by atoms with Gasteiger partial charge in [0.05, 0.1) is 22.0 Å². The summed E-state index contributed by atoms with van der Waals surface area (Å²) in [5.41, 5.74) is 0.251. The fraction of sp³-hybridized carbons (Fsp3) is 0.478. The maximum absolute atomic E-state index is 14.3. The normalized spacial score (nSPS) is 21.4. The Morgan fingerprint density at radius 1 is 0.882 bits per heavy atom. The molecular formula is C23H29FN2O6S2. The molecule has 2 saturated heterocycles. The molecule has 0 spiro atoms. The van der Waals surface area contributed by atoms with Crippen LogP contribution in [0.2, 0.25) is 0 Å². The lowest BCUT2D eigenvalue weighted by atomic mass is 10.2. The molecule has 0 unspecified atom stereocenters.